The molecule has 0 radical (unpaired) electrons. The number of thiophene rings is 1. The summed E-state index contributed by atoms with van der Waals surface area (Å²) in [6.07, 6.45) is 4.46. The summed E-state index contributed by atoms with van der Waals surface area (Å²) in [6.45, 7) is 0.0720. The van der Waals surface area contributed by atoms with Crippen LogP contribution >= 0.6 is 22.7 Å². The van der Waals surface area contributed by atoms with Crippen LogP contribution in [0.4, 0.5) is 0 Å². The number of nitrogens with zero attached hydrogens (tertiary/aromatic N) is 1. The van der Waals surface area contributed by atoms with E-state index in [1.54, 1.807) is 22.8 Å². The molecule has 0 aromatic carbocycles. The first-order chi connectivity index (χ1) is 11.0. The Morgan fingerprint density at radius 2 is 2.13 bits per heavy atom. The lowest BCUT2D eigenvalue weighted by Gasteiger charge is -2.06. The van der Waals surface area contributed by atoms with Gasteiger partial charge in [-0.25, -0.2) is 18.1 Å². The fourth-order valence-corrected chi connectivity index (χ4v) is 5.48. The molecule has 3 rings (SSSR count). The Morgan fingerprint density at radius 3 is 2.87 bits per heavy atom. The van der Waals surface area contributed by atoms with Crippen LogP contribution in [0.3, 0.4) is 0 Å². The number of carbonyl (C=O) groups is 1. The summed E-state index contributed by atoms with van der Waals surface area (Å²) < 4.78 is 26.3. The fourth-order valence-electron chi connectivity index (χ4n) is 2.37. The summed E-state index contributed by atoms with van der Waals surface area (Å²) in [4.78, 5) is 17.7. The summed E-state index contributed by atoms with van der Waals surface area (Å²) in [6, 6.07) is 3.16. The summed E-state index contributed by atoms with van der Waals surface area (Å²) >= 11 is 2.75. The zero-order valence-corrected chi connectivity index (χ0v) is 14.8. The number of amides is 1. The smallest absolute Gasteiger partial charge is 0.250 e. The lowest BCUT2D eigenvalue weighted by atomic mass is 10.0. The number of sulfonamides is 1. The Morgan fingerprint density at radius 1 is 1.30 bits per heavy atom. The maximum Gasteiger partial charge on any atom is 0.250 e. The van der Waals surface area contributed by atoms with E-state index >= 15 is 0 Å². The fraction of sp³-hybridized carbons (Fsp3) is 0.429. The zero-order chi connectivity index (χ0) is 16.3. The van der Waals surface area contributed by atoms with Crippen molar-refractivity contribution < 1.29 is 13.2 Å². The minimum atomic E-state index is -3.60. The van der Waals surface area contributed by atoms with Crippen LogP contribution in [0, 0.1) is 0 Å². The Kier molecular flexibility index (Phi) is 5.10. The molecular formula is C14H17N3O3S3. The van der Waals surface area contributed by atoms with Crippen LogP contribution in [0.25, 0.3) is 0 Å². The van der Waals surface area contributed by atoms with E-state index in [0.29, 0.717) is 6.54 Å². The monoisotopic (exact) mass is 371 g/mol. The van der Waals surface area contributed by atoms with E-state index in [-0.39, 0.29) is 16.7 Å². The standard InChI is InChI=1S/C14H17N3O3S3/c18-12(8-16-23(19,20)14-6-3-7-21-14)15-9-13-17-10-4-1-2-5-11(10)22-13/h3,6-7,16H,1-2,4-5,8-9H2,(H,15,18). The van der Waals surface area contributed by atoms with Gasteiger partial charge in [0.15, 0.2) is 0 Å². The molecule has 6 nitrogen and oxygen atoms in total. The van der Waals surface area contributed by atoms with Crippen LogP contribution in [0.5, 0.6) is 0 Å². The van der Waals surface area contributed by atoms with Gasteiger partial charge >= 0.3 is 0 Å². The molecule has 2 aromatic rings. The molecule has 1 amide bonds. The number of rotatable bonds is 6. The summed E-state index contributed by atoms with van der Waals surface area (Å²) in [5, 5.41) is 5.27. The lowest BCUT2D eigenvalue weighted by molar-refractivity contribution is -0.120. The molecule has 124 valence electrons. The second-order valence-electron chi connectivity index (χ2n) is 5.22. The van der Waals surface area contributed by atoms with Crippen molar-refractivity contribution in [3.8, 4) is 0 Å². The average molecular weight is 372 g/mol. The number of thiazole rings is 1. The van der Waals surface area contributed by atoms with Crippen molar-refractivity contribution in [2.75, 3.05) is 6.54 Å². The van der Waals surface area contributed by atoms with Crippen molar-refractivity contribution in [3.05, 3.63) is 33.1 Å². The molecule has 0 saturated carbocycles. The molecule has 0 fully saturated rings. The van der Waals surface area contributed by atoms with Crippen LogP contribution in [0.2, 0.25) is 0 Å². The number of fused-ring (bicyclic) bond motifs is 1. The first-order valence-corrected chi connectivity index (χ1v) is 10.5. The molecule has 2 heterocycles. The molecule has 1 aliphatic rings. The van der Waals surface area contributed by atoms with Gasteiger partial charge in [0, 0.05) is 4.88 Å². The van der Waals surface area contributed by atoms with E-state index in [9.17, 15) is 13.2 Å². The quantitative estimate of drug-likeness (QED) is 0.809. The van der Waals surface area contributed by atoms with E-state index in [0.717, 1.165) is 34.9 Å². The van der Waals surface area contributed by atoms with Crippen molar-refractivity contribution >= 4 is 38.6 Å². The predicted octanol–water partition coefficient (Wildman–Crippen LogP) is 1.68. The highest BCUT2D eigenvalue weighted by Gasteiger charge is 2.17. The maximum absolute atomic E-state index is 11.9. The third kappa shape index (κ3) is 4.17. The van der Waals surface area contributed by atoms with Crippen LogP contribution < -0.4 is 10.0 Å². The van der Waals surface area contributed by atoms with E-state index in [1.165, 1.54) is 23.8 Å². The number of hydrogen-bond acceptors (Lipinski definition) is 6. The number of aryl methyl sites for hydroxylation is 2. The van der Waals surface area contributed by atoms with E-state index < -0.39 is 10.0 Å². The van der Waals surface area contributed by atoms with Crippen molar-refractivity contribution in [2.24, 2.45) is 0 Å². The molecule has 0 spiro atoms. The normalized spacial score (nSPS) is 14.4. The summed E-state index contributed by atoms with van der Waals surface area (Å²) in [7, 11) is -3.60. The molecule has 0 bridgehead atoms. The zero-order valence-electron chi connectivity index (χ0n) is 12.4. The van der Waals surface area contributed by atoms with Gasteiger partial charge in [0.2, 0.25) is 5.91 Å². The molecule has 2 N–H and O–H groups in total. The Hall–Kier alpha value is -1.29. The molecule has 23 heavy (non-hydrogen) atoms. The van der Waals surface area contributed by atoms with Gasteiger partial charge in [0.05, 0.1) is 18.8 Å². The van der Waals surface area contributed by atoms with E-state index in [1.807, 2.05) is 0 Å². The van der Waals surface area contributed by atoms with Gasteiger partial charge in [0.25, 0.3) is 10.0 Å². The lowest BCUT2D eigenvalue weighted by Crippen LogP contribution is -2.36. The van der Waals surface area contributed by atoms with Crippen molar-refractivity contribution in [1.82, 2.24) is 15.0 Å². The molecule has 1 aliphatic carbocycles. The van der Waals surface area contributed by atoms with Gasteiger partial charge in [-0.3, -0.25) is 4.79 Å². The molecule has 0 unspecified atom stereocenters. The Balaban J connectivity index is 1.49. The van der Waals surface area contributed by atoms with Crippen molar-refractivity contribution in [1.29, 1.82) is 0 Å². The number of hydrogen-bond donors (Lipinski definition) is 2. The van der Waals surface area contributed by atoms with Crippen molar-refractivity contribution in [2.45, 2.75) is 36.4 Å². The third-order valence-corrected chi connectivity index (χ3v) is 7.47. The van der Waals surface area contributed by atoms with Crippen LogP contribution in [-0.4, -0.2) is 25.9 Å². The molecule has 0 atom stereocenters. The average Bonchev–Trinajstić information content (AvgIpc) is 3.20. The van der Waals surface area contributed by atoms with Gasteiger partial charge in [-0.05, 0) is 37.1 Å². The minimum Gasteiger partial charge on any atom is -0.348 e. The molecular weight excluding hydrogens is 354 g/mol. The van der Waals surface area contributed by atoms with Gasteiger partial charge in [0.1, 0.15) is 9.22 Å². The second-order valence-corrected chi connectivity index (χ2v) is 9.33. The maximum atomic E-state index is 11.9. The predicted molar refractivity (Wildman–Crippen MR) is 90.1 cm³/mol. The SMILES string of the molecule is O=C(CNS(=O)(=O)c1cccs1)NCc1nc2c(s1)CCCC2. The largest absolute Gasteiger partial charge is 0.348 e. The number of nitrogens with one attached hydrogen (secondary N) is 2. The Labute approximate surface area is 143 Å². The summed E-state index contributed by atoms with van der Waals surface area (Å²) in [5.41, 5.74) is 1.16. The number of carbonyl (C=O) groups excluding carboxylic acids is 1. The third-order valence-electron chi connectivity index (χ3n) is 3.51. The van der Waals surface area contributed by atoms with Gasteiger partial charge in [-0.2, -0.15) is 0 Å². The Bertz CT molecular complexity index is 758. The molecule has 0 saturated heterocycles. The van der Waals surface area contributed by atoms with E-state index in [2.05, 4.69) is 15.0 Å². The molecule has 2 aromatic heterocycles. The highest BCUT2D eigenvalue weighted by Crippen LogP contribution is 2.26. The van der Waals surface area contributed by atoms with Crippen LogP contribution in [0.1, 0.15) is 28.4 Å². The second kappa shape index (κ2) is 7.08. The van der Waals surface area contributed by atoms with Crippen LogP contribution in [-0.2, 0) is 34.2 Å². The van der Waals surface area contributed by atoms with Gasteiger partial charge in [-0.15, -0.1) is 22.7 Å². The first-order valence-electron chi connectivity index (χ1n) is 7.32. The van der Waals surface area contributed by atoms with E-state index in [4.69, 9.17) is 0 Å². The highest BCUT2D eigenvalue weighted by atomic mass is 32.2. The highest BCUT2D eigenvalue weighted by molar-refractivity contribution is 7.91. The first kappa shape index (κ1) is 16.6. The molecule has 0 aliphatic heterocycles. The van der Waals surface area contributed by atoms with Crippen LogP contribution in [0.15, 0.2) is 21.7 Å². The topological polar surface area (TPSA) is 88.2 Å². The summed E-state index contributed by atoms with van der Waals surface area (Å²) in [5.74, 6) is -0.363. The van der Waals surface area contributed by atoms with Gasteiger partial charge in [-0.1, -0.05) is 6.07 Å². The van der Waals surface area contributed by atoms with Gasteiger partial charge < -0.3 is 5.32 Å². The van der Waals surface area contributed by atoms with Crippen molar-refractivity contribution in [3.63, 3.8) is 0 Å². The number of aromatic nitrogens is 1. The molecule has 9 heteroatoms. The minimum absolute atomic E-state index is 0.206.